The fourth-order valence-electron chi connectivity index (χ4n) is 2.70. The van der Waals surface area contributed by atoms with E-state index >= 15 is 0 Å². The van der Waals surface area contributed by atoms with Crippen LogP contribution in [0.1, 0.15) is 12.0 Å². The lowest BCUT2D eigenvalue weighted by Gasteiger charge is -2.13. The number of benzene rings is 1. The van der Waals surface area contributed by atoms with Gasteiger partial charge in [-0.05, 0) is 56.9 Å². The molecule has 0 saturated carbocycles. The van der Waals surface area contributed by atoms with E-state index in [1.807, 2.05) is 32.3 Å². The maximum Gasteiger partial charge on any atom is 0.225 e. The normalized spacial score (nSPS) is 10.9. The Morgan fingerprint density at radius 3 is 2.52 bits per heavy atom. The van der Waals surface area contributed by atoms with Crippen molar-refractivity contribution >= 4 is 11.8 Å². The van der Waals surface area contributed by atoms with E-state index in [1.165, 1.54) is 12.1 Å². The van der Waals surface area contributed by atoms with Crippen molar-refractivity contribution in [3.05, 3.63) is 65.9 Å². The standard InChI is InChI=1S/C21H24F2N6/c1-29(2)11-5-10-25-21-27-19(18-6-3-4-9-24-18)13-20(28-21)26-14-15-7-8-16(22)17(23)12-15/h3-4,6-9,12-13H,5,10-11,14H2,1-2H3,(H2,25,26,27,28). The topological polar surface area (TPSA) is 66.0 Å². The molecule has 0 aliphatic heterocycles. The molecule has 3 aromatic rings. The van der Waals surface area contributed by atoms with Crippen molar-refractivity contribution in [3.63, 3.8) is 0 Å². The Bertz CT molecular complexity index is 934. The number of rotatable bonds is 9. The first-order chi connectivity index (χ1) is 14.0. The third-order valence-corrected chi connectivity index (χ3v) is 4.18. The minimum atomic E-state index is -0.871. The first-order valence-electron chi connectivity index (χ1n) is 9.38. The van der Waals surface area contributed by atoms with Crippen molar-refractivity contribution in [2.24, 2.45) is 0 Å². The molecule has 0 amide bonds. The first-order valence-corrected chi connectivity index (χ1v) is 9.38. The van der Waals surface area contributed by atoms with E-state index in [1.54, 1.807) is 12.3 Å². The van der Waals surface area contributed by atoms with Crippen molar-refractivity contribution in [2.45, 2.75) is 13.0 Å². The van der Waals surface area contributed by atoms with Crippen molar-refractivity contribution in [1.29, 1.82) is 0 Å². The quantitative estimate of drug-likeness (QED) is 0.535. The summed E-state index contributed by atoms with van der Waals surface area (Å²) in [6.45, 7) is 1.98. The summed E-state index contributed by atoms with van der Waals surface area (Å²) in [5.41, 5.74) is 2.01. The molecule has 0 radical (unpaired) electrons. The van der Waals surface area contributed by atoms with Gasteiger partial charge in [-0.1, -0.05) is 12.1 Å². The number of pyridine rings is 1. The number of aromatic nitrogens is 3. The lowest BCUT2D eigenvalue weighted by Crippen LogP contribution is -2.17. The molecule has 29 heavy (non-hydrogen) atoms. The Labute approximate surface area is 169 Å². The maximum atomic E-state index is 13.4. The molecule has 0 bridgehead atoms. The molecule has 0 atom stereocenters. The van der Waals surface area contributed by atoms with Crippen molar-refractivity contribution in [2.75, 3.05) is 37.8 Å². The molecule has 1 aromatic carbocycles. The zero-order chi connectivity index (χ0) is 20.6. The van der Waals surface area contributed by atoms with Crippen molar-refractivity contribution < 1.29 is 8.78 Å². The summed E-state index contributed by atoms with van der Waals surface area (Å²) in [5.74, 6) is -0.679. The van der Waals surface area contributed by atoms with Crippen LogP contribution < -0.4 is 10.6 Å². The van der Waals surface area contributed by atoms with E-state index in [9.17, 15) is 8.78 Å². The highest BCUT2D eigenvalue weighted by atomic mass is 19.2. The summed E-state index contributed by atoms with van der Waals surface area (Å²) >= 11 is 0. The van der Waals surface area contributed by atoms with Gasteiger partial charge in [-0.3, -0.25) is 4.98 Å². The highest BCUT2D eigenvalue weighted by molar-refractivity contribution is 5.61. The predicted octanol–water partition coefficient (Wildman–Crippen LogP) is 3.79. The molecule has 0 unspecified atom stereocenters. The zero-order valence-corrected chi connectivity index (χ0v) is 16.5. The summed E-state index contributed by atoms with van der Waals surface area (Å²) < 4.78 is 26.6. The highest BCUT2D eigenvalue weighted by Crippen LogP contribution is 2.20. The fourth-order valence-corrected chi connectivity index (χ4v) is 2.70. The minimum Gasteiger partial charge on any atom is -0.366 e. The molecule has 8 heteroatoms. The van der Waals surface area contributed by atoms with Crippen molar-refractivity contribution in [1.82, 2.24) is 19.9 Å². The third-order valence-electron chi connectivity index (χ3n) is 4.18. The highest BCUT2D eigenvalue weighted by Gasteiger charge is 2.09. The van der Waals surface area contributed by atoms with Crippen LogP contribution in [0.2, 0.25) is 0 Å². The second-order valence-electron chi connectivity index (χ2n) is 6.86. The van der Waals surface area contributed by atoms with Crippen LogP contribution in [0.4, 0.5) is 20.5 Å². The van der Waals surface area contributed by atoms with E-state index in [-0.39, 0.29) is 0 Å². The van der Waals surface area contributed by atoms with Gasteiger partial charge in [-0.15, -0.1) is 0 Å². The monoisotopic (exact) mass is 398 g/mol. The van der Waals surface area contributed by atoms with E-state index in [4.69, 9.17) is 0 Å². The Hall–Kier alpha value is -3.13. The van der Waals surface area contributed by atoms with Gasteiger partial charge in [-0.25, -0.2) is 13.8 Å². The average molecular weight is 398 g/mol. The fraction of sp³-hybridized carbons (Fsp3) is 0.286. The first kappa shape index (κ1) is 20.6. The number of nitrogens with one attached hydrogen (secondary N) is 2. The molecule has 2 aromatic heterocycles. The molecule has 2 N–H and O–H groups in total. The van der Waals surface area contributed by atoms with Gasteiger partial charge in [0.1, 0.15) is 5.82 Å². The molecule has 152 valence electrons. The van der Waals surface area contributed by atoms with Crippen LogP contribution in [-0.2, 0) is 6.54 Å². The summed E-state index contributed by atoms with van der Waals surface area (Å²) in [4.78, 5) is 15.5. The van der Waals surface area contributed by atoms with Crippen LogP contribution in [0, 0.1) is 11.6 Å². The molecule has 2 heterocycles. The molecule has 3 rings (SSSR count). The van der Waals surface area contributed by atoms with Crippen LogP contribution in [0.15, 0.2) is 48.7 Å². The molecule has 0 fully saturated rings. The lowest BCUT2D eigenvalue weighted by atomic mass is 10.2. The second kappa shape index (κ2) is 9.88. The van der Waals surface area contributed by atoms with Crippen LogP contribution in [0.5, 0.6) is 0 Å². The van der Waals surface area contributed by atoms with Crippen LogP contribution in [0.25, 0.3) is 11.4 Å². The maximum absolute atomic E-state index is 13.4. The molecular formula is C21H24F2N6. The summed E-state index contributed by atoms with van der Waals surface area (Å²) in [5, 5.41) is 6.39. The summed E-state index contributed by atoms with van der Waals surface area (Å²) in [6, 6.07) is 11.2. The van der Waals surface area contributed by atoms with E-state index in [2.05, 4.69) is 30.5 Å². The summed E-state index contributed by atoms with van der Waals surface area (Å²) in [6.07, 6.45) is 2.65. The van der Waals surface area contributed by atoms with Crippen LogP contribution >= 0.6 is 0 Å². The number of anilines is 2. The molecule has 0 aliphatic rings. The minimum absolute atomic E-state index is 0.302. The van der Waals surface area contributed by atoms with Gasteiger partial charge in [0.15, 0.2) is 11.6 Å². The Balaban J connectivity index is 1.76. The zero-order valence-electron chi connectivity index (χ0n) is 16.5. The summed E-state index contributed by atoms with van der Waals surface area (Å²) in [7, 11) is 4.05. The Morgan fingerprint density at radius 1 is 0.931 bits per heavy atom. The van der Waals surface area contributed by atoms with Gasteiger partial charge in [0.2, 0.25) is 5.95 Å². The van der Waals surface area contributed by atoms with Gasteiger partial charge in [0.25, 0.3) is 0 Å². The van der Waals surface area contributed by atoms with Gasteiger partial charge in [0, 0.05) is 25.4 Å². The average Bonchev–Trinajstić information content (AvgIpc) is 2.72. The SMILES string of the molecule is CN(C)CCCNc1nc(NCc2ccc(F)c(F)c2)cc(-c2ccccn2)n1. The number of nitrogens with zero attached hydrogens (tertiary/aromatic N) is 4. The van der Waals surface area contributed by atoms with Crippen LogP contribution in [-0.4, -0.2) is 47.0 Å². The Kier molecular flexibility index (Phi) is 7.02. The lowest BCUT2D eigenvalue weighted by molar-refractivity contribution is 0.405. The van der Waals surface area contributed by atoms with Crippen LogP contribution in [0.3, 0.4) is 0 Å². The van der Waals surface area contributed by atoms with Gasteiger partial charge >= 0.3 is 0 Å². The molecule has 0 aliphatic carbocycles. The molecular weight excluding hydrogens is 374 g/mol. The molecule has 6 nitrogen and oxygen atoms in total. The van der Waals surface area contributed by atoms with E-state index < -0.39 is 11.6 Å². The predicted molar refractivity (Wildman–Crippen MR) is 111 cm³/mol. The second-order valence-corrected chi connectivity index (χ2v) is 6.86. The van der Waals surface area contributed by atoms with Gasteiger partial charge < -0.3 is 15.5 Å². The smallest absolute Gasteiger partial charge is 0.225 e. The number of hydrogen-bond acceptors (Lipinski definition) is 6. The number of hydrogen-bond donors (Lipinski definition) is 2. The van der Waals surface area contributed by atoms with Gasteiger partial charge in [-0.2, -0.15) is 4.98 Å². The van der Waals surface area contributed by atoms with E-state index in [0.717, 1.165) is 31.3 Å². The third kappa shape index (κ3) is 6.18. The van der Waals surface area contributed by atoms with E-state index in [0.29, 0.717) is 29.6 Å². The number of halogens is 2. The molecule has 0 saturated heterocycles. The molecule has 0 spiro atoms. The Morgan fingerprint density at radius 2 is 1.79 bits per heavy atom. The van der Waals surface area contributed by atoms with Crippen molar-refractivity contribution in [3.8, 4) is 11.4 Å². The van der Waals surface area contributed by atoms with Gasteiger partial charge in [0.05, 0.1) is 11.4 Å². The largest absolute Gasteiger partial charge is 0.366 e.